The summed E-state index contributed by atoms with van der Waals surface area (Å²) in [5.41, 5.74) is 3.52. The third-order valence-corrected chi connectivity index (χ3v) is 3.91. The topological polar surface area (TPSA) is 48.3 Å². The van der Waals surface area contributed by atoms with Gasteiger partial charge in [-0.2, -0.15) is 0 Å². The lowest BCUT2D eigenvalue weighted by Crippen LogP contribution is -2.30. The van der Waals surface area contributed by atoms with Crippen LogP contribution in [0.1, 0.15) is 23.9 Å². The van der Waals surface area contributed by atoms with Crippen LogP contribution in [0.4, 0.5) is 0 Å². The summed E-state index contributed by atoms with van der Waals surface area (Å²) in [5, 5.41) is 3.53. The van der Waals surface area contributed by atoms with Gasteiger partial charge in [0.15, 0.2) is 11.5 Å². The van der Waals surface area contributed by atoms with E-state index in [4.69, 9.17) is 9.47 Å². The SMILES string of the molecule is Cc1ncn(C[C@@H](C)NCc2ccc3c(c2)OCO3)c1C. The van der Waals surface area contributed by atoms with E-state index in [1.54, 1.807) is 0 Å². The Kier molecular flexibility index (Phi) is 3.84. The van der Waals surface area contributed by atoms with Gasteiger partial charge in [-0.25, -0.2) is 4.98 Å². The minimum atomic E-state index is 0.321. The Morgan fingerprint density at radius 3 is 2.86 bits per heavy atom. The fourth-order valence-corrected chi connectivity index (χ4v) is 2.43. The Bertz CT molecular complexity index is 636. The maximum atomic E-state index is 5.40. The van der Waals surface area contributed by atoms with E-state index in [1.807, 2.05) is 25.4 Å². The van der Waals surface area contributed by atoms with Crippen molar-refractivity contribution >= 4 is 0 Å². The number of fused-ring (bicyclic) bond motifs is 1. The van der Waals surface area contributed by atoms with Crippen LogP contribution in [0.2, 0.25) is 0 Å². The molecule has 0 saturated heterocycles. The second-order valence-electron chi connectivity index (χ2n) is 5.54. The molecule has 5 heteroatoms. The van der Waals surface area contributed by atoms with Crippen molar-refractivity contribution in [3.05, 3.63) is 41.5 Å². The average molecular weight is 287 g/mol. The van der Waals surface area contributed by atoms with Gasteiger partial charge in [0.1, 0.15) is 0 Å². The average Bonchev–Trinajstić information content (AvgIpc) is 3.06. The van der Waals surface area contributed by atoms with Crippen LogP contribution in [0, 0.1) is 13.8 Å². The van der Waals surface area contributed by atoms with Gasteiger partial charge in [0, 0.05) is 24.8 Å². The molecule has 2 heterocycles. The number of hydrogen-bond acceptors (Lipinski definition) is 4. The lowest BCUT2D eigenvalue weighted by molar-refractivity contribution is 0.174. The fraction of sp³-hybridized carbons (Fsp3) is 0.438. The van der Waals surface area contributed by atoms with Gasteiger partial charge in [-0.15, -0.1) is 0 Å². The fourth-order valence-electron chi connectivity index (χ4n) is 2.43. The van der Waals surface area contributed by atoms with Crippen molar-refractivity contribution in [2.24, 2.45) is 0 Å². The molecule has 1 aliphatic heterocycles. The molecule has 1 aromatic carbocycles. The molecule has 21 heavy (non-hydrogen) atoms. The molecular weight excluding hydrogens is 266 g/mol. The summed E-state index contributed by atoms with van der Waals surface area (Å²) in [5.74, 6) is 1.67. The quantitative estimate of drug-likeness (QED) is 0.917. The number of ether oxygens (including phenoxy) is 2. The second kappa shape index (κ2) is 5.77. The molecule has 1 aromatic heterocycles. The van der Waals surface area contributed by atoms with E-state index in [0.717, 1.165) is 30.3 Å². The minimum Gasteiger partial charge on any atom is -0.454 e. The molecule has 0 aliphatic carbocycles. The van der Waals surface area contributed by atoms with Crippen molar-refractivity contribution in [2.75, 3.05) is 6.79 Å². The second-order valence-corrected chi connectivity index (χ2v) is 5.54. The standard InChI is InChI=1S/C16H21N3O2/c1-11(8-19-9-18-12(2)13(19)3)17-7-14-4-5-15-16(6-14)21-10-20-15/h4-6,9,11,17H,7-8,10H2,1-3H3/t11-/m1/s1. The van der Waals surface area contributed by atoms with Crippen LogP contribution < -0.4 is 14.8 Å². The number of nitrogens with zero attached hydrogens (tertiary/aromatic N) is 2. The van der Waals surface area contributed by atoms with E-state index in [2.05, 4.69) is 34.8 Å². The number of aromatic nitrogens is 2. The zero-order valence-electron chi connectivity index (χ0n) is 12.7. The summed E-state index contributed by atoms with van der Waals surface area (Å²) < 4.78 is 12.9. The third kappa shape index (κ3) is 3.03. The monoisotopic (exact) mass is 287 g/mol. The van der Waals surface area contributed by atoms with Crippen LogP contribution in [-0.2, 0) is 13.1 Å². The summed E-state index contributed by atoms with van der Waals surface area (Å²) in [6.45, 7) is 8.37. The molecule has 0 spiro atoms. The zero-order valence-corrected chi connectivity index (χ0v) is 12.7. The molecular formula is C16H21N3O2. The maximum Gasteiger partial charge on any atom is 0.231 e. The van der Waals surface area contributed by atoms with Crippen molar-refractivity contribution in [3.63, 3.8) is 0 Å². The molecule has 112 valence electrons. The molecule has 0 bridgehead atoms. The van der Waals surface area contributed by atoms with Crippen LogP contribution in [0.5, 0.6) is 11.5 Å². The first-order chi connectivity index (χ1) is 10.1. The highest BCUT2D eigenvalue weighted by Crippen LogP contribution is 2.32. The smallest absolute Gasteiger partial charge is 0.231 e. The summed E-state index contributed by atoms with van der Waals surface area (Å²) in [7, 11) is 0. The van der Waals surface area contributed by atoms with E-state index < -0.39 is 0 Å². The highest BCUT2D eigenvalue weighted by atomic mass is 16.7. The predicted octanol–water partition coefficient (Wildman–Crippen LogP) is 2.41. The largest absolute Gasteiger partial charge is 0.454 e. The molecule has 2 aromatic rings. The van der Waals surface area contributed by atoms with Crippen LogP contribution in [0.3, 0.4) is 0 Å². The summed E-state index contributed by atoms with van der Waals surface area (Å²) in [4.78, 5) is 4.33. The number of imidazole rings is 1. The maximum absolute atomic E-state index is 5.40. The number of rotatable bonds is 5. The van der Waals surface area contributed by atoms with E-state index >= 15 is 0 Å². The number of nitrogens with one attached hydrogen (secondary N) is 1. The van der Waals surface area contributed by atoms with Gasteiger partial charge < -0.3 is 19.4 Å². The molecule has 0 saturated carbocycles. The molecule has 1 atom stereocenters. The lowest BCUT2D eigenvalue weighted by Gasteiger charge is -2.16. The summed E-state index contributed by atoms with van der Waals surface area (Å²) in [6, 6.07) is 6.43. The van der Waals surface area contributed by atoms with Gasteiger partial charge in [-0.1, -0.05) is 6.07 Å². The Balaban J connectivity index is 1.56. The van der Waals surface area contributed by atoms with Crippen molar-refractivity contribution in [1.29, 1.82) is 0 Å². The summed E-state index contributed by atoms with van der Waals surface area (Å²) >= 11 is 0. The van der Waals surface area contributed by atoms with Crippen molar-refractivity contribution in [3.8, 4) is 11.5 Å². The number of aryl methyl sites for hydroxylation is 1. The molecule has 0 unspecified atom stereocenters. The molecule has 0 amide bonds. The number of benzene rings is 1. The Labute approximate surface area is 124 Å². The van der Waals surface area contributed by atoms with Crippen LogP contribution in [0.15, 0.2) is 24.5 Å². The Hall–Kier alpha value is -2.01. The van der Waals surface area contributed by atoms with Crippen molar-refractivity contribution < 1.29 is 9.47 Å². The highest BCUT2D eigenvalue weighted by molar-refractivity contribution is 5.44. The van der Waals surface area contributed by atoms with E-state index in [0.29, 0.717) is 12.8 Å². The van der Waals surface area contributed by atoms with E-state index in [-0.39, 0.29) is 0 Å². The Morgan fingerprint density at radius 2 is 2.10 bits per heavy atom. The highest BCUT2D eigenvalue weighted by Gasteiger charge is 2.13. The lowest BCUT2D eigenvalue weighted by atomic mass is 10.2. The van der Waals surface area contributed by atoms with E-state index in [1.165, 1.54) is 11.3 Å². The minimum absolute atomic E-state index is 0.321. The van der Waals surface area contributed by atoms with Gasteiger partial charge in [-0.3, -0.25) is 0 Å². The molecule has 0 fully saturated rings. The molecule has 3 rings (SSSR count). The summed E-state index contributed by atoms with van der Waals surface area (Å²) in [6.07, 6.45) is 1.91. The van der Waals surface area contributed by atoms with Crippen molar-refractivity contribution in [1.82, 2.24) is 14.9 Å². The van der Waals surface area contributed by atoms with Gasteiger partial charge in [0.25, 0.3) is 0 Å². The molecule has 1 aliphatic rings. The van der Waals surface area contributed by atoms with Crippen LogP contribution in [-0.4, -0.2) is 22.4 Å². The molecule has 1 N–H and O–H groups in total. The van der Waals surface area contributed by atoms with Gasteiger partial charge in [0.05, 0.1) is 12.0 Å². The zero-order chi connectivity index (χ0) is 14.8. The van der Waals surface area contributed by atoms with Crippen LogP contribution >= 0.6 is 0 Å². The predicted molar refractivity (Wildman–Crippen MR) is 80.6 cm³/mol. The first-order valence-corrected chi connectivity index (χ1v) is 7.23. The van der Waals surface area contributed by atoms with E-state index in [9.17, 15) is 0 Å². The van der Waals surface area contributed by atoms with Gasteiger partial charge in [0.2, 0.25) is 6.79 Å². The molecule has 5 nitrogen and oxygen atoms in total. The normalized spacial score (nSPS) is 14.4. The van der Waals surface area contributed by atoms with Gasteiger partial charge in [-0.05, 0) is 38.5 Å². The Morgan fingerprint density at radius 1 is 1.29 bits per heavy atom. The first kappa shape index (κ1) is 13.9. The first-order valence-electron chi connectivity index (χ1n) is 7.23. The van der Waals surface area contributed by atoms with Crippen LogP contribution in [0.25, 0.3) is 0 Å². The number of hydrogen-bond donors (Lipinski definition) is 1. The van der Waals surface area contributed by atoms with Gasteiger partial charge >= 0.3 is 0 Å². The molecule has 0 radical (unpaired) electrons. The third-order valence-electron chi connectivity index (χ3n) is 3.91. The van der Waals surface area contributed by atoms with Crippen molar-refractivity contribution in [2.45, 2.75) is 39.9 Å².